The van der Waals surface area contributed by atoms with E-state index in [1.807, 2.05) is 65.6 Å². The van der Waals surface area contributed by atoms with Gasteiger partial charge in [-0.2, -0.15) is 0 Å². The van der Waals surface area contributed by atoms with Gasteiger partial charge < -0.3 is 24.8 Å². The molecule has 0 amide bonds. The van der Waals surface area contributed by atoms with Gasteiger partial charge >= 0.3 is 0 Å². The fourth-order valence-electron chi connectivity index (χ4n) is 2.89. The van der Waals surface area contributed by atoms with E-state index in [2.05, 4.69) is 5.32 Å². The highest BCUT2D eigenvalue weighted by Crippen LogP contribution is 2.26. The van der Waals surface area contributed by atoms with Crippen molar-refractivity contribution in [1.82, 2.24) is 5.32 Å². The van der Waals surface area contributed by atoms with E-state index in [1.54, 1.807) is 26.4 Å². The van der Waals surface area contributed by atoms with Crippen molar-refractivity contribution in [2.24, 2.45) is 0 Å². The Morgan fingerprint density at radius 3 is 2.34 bits per heavy atom. The number of nitrogens with zero attached hydrogens (tertiary/aromatic N) is 1. The molecule has 0 aliphatic carbocycles. The molecule has 3 aromatic carbocycles. The predicted octanol–water partition coefficient (Wildman–Crippen LogP) is 4.49. The van der Waals surface area contributed by atoms with E-state index in [1.165, 1.54) is 0 Å². The molecule has 0 radical (unpaired) electrons. The molecule has 0 saturated heterocycles. The van der Waals surface area contributed by atoms with Gasteiger partial charge in [-0.3, -0.25) is 0 Å². The standard InChI is InChI=1S/C23H24N2O3S/c1-27-20-12-10-17(11-13-20)15-24-23(29)25(16-18-6-3-4-9-22(18)26)19-7-5-8-21(14-19)28-2/h3-14,26H,15-16H2,1-2H3,(H,24,29). The summed E-state index contributed by atoms with van der Waals surface area (Å²) in [4.78, 5) is 1.94. The average Bonchev–Trinajstić information content (AvgIpc) is 2.77. The molecule has 0 fully saturated rings. The summed E-state index contributed by atoms with van der Waals surface area (Å²) < 4.78 is 10.6. The van der Waals surface area contributed by atoms with Crippen LogP contribution in [0.15, 0.2) is 72.8 Å². The summed E-state index contributed by atoms with van der Waals surface area (Å²) >= 11 is 5.69. The number of rotatable bonds is 7. The predicted molar refractivity (Wildman–Crippen MR) is 120 cm³/mol. The van der Waals surface area contributed by atoms with Gasteiger partial charge in [0.15, 0.2) is 5.11 Å². The monoisotopic (exact) mass is 408 g/mol. The second-order valence-corrected chi connectivity index (χ2v) is 6.81. The lowest BCUT2D eigenvalue weighted by Gasteiger charge is -2.27. The van der Waals surface area contributed by atoms with Crippen LogP contribution in [0.5, 0.6) is 17.2 Å². The van der Waals surface area contributed by atoms with Crippen molar-refractivity contribution < 1.29 is 14.6 Å². The quantitative estimate of drug-likeness (QED) is 0.562. The lowest BCUT2D eigenvalue weighted by molar-refractivity contribution is 0.414. The molecule has 0 heterocycles. The Morgan fingerprint density at radius 2 is 1.66 bits per heavy atom. The summed E-state index contributed by atoms with van der Waals surface area (Å²) in [6, 6.07) is 22.8. The summed E-state index contributed by atoms with van der Waals surface area (Å²) in [6.07, 6.45) is 0. The molecule has 0 aromatic heterocycles. The fraction of sp³-hybridized carbons (Fsp3) is 0.174. The molecule has 0 bridgehead atoms. The number of phenolic OH excluding ortho intramolecular Hbond substituents is 1. The minimum atomic E-state index is 0.235. The van der Waals surface area contributed by atoms with E-state index >= 15 is 0 Å². The lowest BCUT2D eigenvalue weighted by Crippen LogP contribution is -2.39. The number of hydrogen-bond donors (Lipinski definition) is 2. The highest BCUT2D eigenvalue weighted by Gasteiger charge is 2.15. The normalized spacial score (nSPS) is 10.3. The SMILES string of the molecule is COc1ccc(CNC(=S)N(Cc2ccccc2O)c2cccc(OC)c2)cc1. The van der Waals surface area contributed by atoms with Crippen LogP contribution in [0.1, 0.15) is 11.1 Å². The van der Waals surface area contributed by atoms with Gasteiger partial charge in [-0.25, -0.2) is 0 Å². The zero-order valence-corrected chi connectivity index (χ0v) is 17.3. The van der Waals surface area contributed by atoms with Crippen LogP contribution in [0.2, 0.25) is 0 Å². The zero-order chi connectivity index (χ0) is 20.6. The second kappa shape index (κ2) is 9.80. The number of methoxy groups -OCH3 is 2. The summed E-state index contributed by atoms with van der Waals surface area (Å²) in [5, 5.41) is 14.1. The van der Waals surface area contributed by atoms with Crippen LogP contribution in [0.25, 0.3) is 0 Å². The number of aromatic hydroxyl groups is 1. The first kappa shape index (κ1) is 20.5. The number of thiocarbonyl (C=S) groups is 1. The van der Waals surface area contributed by atoms with Crippen LogP contribution >= 0.6 is 12.2 Å². The largest absolute Gasteiger partial charge is 0.508 e. The molecule has 2 N–H and O–H groups in total. The number of phenols is 1. The van der Waals surface area contributed by atoms with E-state index in [9.17, 15) is 5.11 Å². The van der Waals surface area contributed by atoms with Crippen molar-refractivity contribution in [2.75, 3.05) is 19.1 Å². The Morgan fingerprint density at radius 1 is 0.931 bits per heavy atom. The van der Waals surface area contributed by atoms with E-state index in [-0.39, 0.29) is 5.75 Å². The molecular formula is C23H24N2O3S. The van der Waals surface area contributed by atoms with Crippen LogP contribution in [0.3, 0.4) is 0 Å². The molecule has 6 heteroatoms. The molecule has 0 spiro atoms. The molecule has 0 atom stereocenters. The third-order valence-electron chi connectivity index (χ3n) is 4.53. The highest BCUT2D eigenvalue weighted by atomic mass is 32.1. The van der Waals surface area contributed by atoms with E-state index in [4.69, 9.17) is 21.7 Å². The van der Waals surface area contributed by atoms with Gasteiger partial charge in [0.1, 0.15) is 17.2 Å². The third kappa shape index (κ3) is 5.39. The first-order valence-corrected chi connectivity index (χ1v) is 9.60. The van der Waals surface area contributed by atoms with E-state index in [0.717, 1.165) is 28.3 Å². The topological polar surface area (TPSA) is 54.0 Å². The number of nitrogens with one attached hydrogen (secondary N) is 1. The Bertz CT molecular complexity index is 960. The molecule has 0 aliphatic rings. The van der Waals surface area contributed by atoms with Gasteiger partial charge in [-0.1, -0.05) is 36.4 Å². The smallest absolute Gasteiger partial charge is 0.174 e. The van der Waals surface area contributed by atoms with E-state index < -0.39 is 0 Å². The fourth-order valence-corrected chi connectivity index (χ4v) is 3.13. The molecule has 5 nitrogen and oxygen atoms in total. The number of hydrogen-bond acceptors (Lipinski definition) is 4. The summed E-state index contributed by atoms with van der Waals surface area (Å²) in [5.41, 5.74) is 2.74. The zero-order valence-electron chi connectivity index (χ0n) is 16.5. The van der Waals surface area contributed by atoms with Crippen molar-refractivity contribution in [3.8, 4) is 17.2 Å². The Labute approximate surface area is 176 Å². The minimum Gasteiger partial charge on any atom is -0.508 e. The van der Waals surface area contributed by atoms with Crippen molar-refractivity contribution in [1.29, 1.82) is 0 Å². The van der Waals surface area contributed by atoms with Gasteiger partial charge in [0.05, 0.1) is 20.8 Å². The molecule has 3 rings (SSSR count). The molecular weight excluding hydrogens is 384 g/mol. The maximum atomic E-state index is 10.2. The number of benzene rings is 3. The van der Waals surface area contributed by atoms with Crippen LogP contribution in [0, 0.1) is 0 Å². The summed E-state index contributed by atoms with van der Waals surface area (Å²) in [5.74, 6) is 1.79. The number of ether oxygens (including phenoxy) is 2. The first-order chi connectivity index (χ1) is 14.1. The van der Waals surface area contributed by atoms with E-state index in [0.29, 0.717) is 18.2 Å². The molecule has 0 saturated carbocycles. The van der Waals surface area contributed by atoms with Crippen LogP contribution in [0.4, 0.5) is 5.69 Å². The third-order valence-corrected chi connectivity index (χ3v) is 4.90. The Kier molecular flexibility index (Phi) is 6.92. The van der Waals surface area contributed by atoms with Crippen LogP contribution < -0.4 is 19.7 Å². The van der Waals surface area contributed by atoms with Crippen molar-refractivity contribution in [2.45, 2.75) is 13.1 Å². The van der Waals surface area contributed by atoms with Gasteiger partial charge in [-0.15, -0.1) is 0 Å². The van der Waals surface area contributed by atoms with Crippen LogP contribution in [-0.2, 0) is 13.1 Å². The van der Waals surface area contributed by atoms with Crippen molar-refractivity contribution in [3.05, 3.63) is 83.9 Å². The Hall–Kier alpha value is -3.25. The molecule has 0 unspecified atom stereocenters. The maximum Gasteiger partial charge on any atom is 0.174 e. The number of anilines is 1. The number of para-hydroxylation sites is 1. The average molecular weight is 409 g/mol. The van der Waals surface area contributed by atoms with Crippen molar-refractivity contribution >= 4 is 23.0 Å². The summed E-state index contributed by atoms with van der Waals surface area (Å²) in [7, 11) is 3.28. The molecule has 150 valence electrons. The second-order valence-electron chi connectivity index (χ2n) is 6.42. The van der Waals surface area contributed by atoms with Gasteiger partial charge in [0.2, 0.25) is 0 Å². The maximum absolute atomic E-state index is 10.2. The van der Waals surface area contributed by atoms with Gasteiger partial charge in [0.25, 0.3) is 0 Å². The Balaban J connectivity index is 1.80. The highest BCUT2D eigenvalue weighted by molar-refractivity contribution is 7.80. The minimum absolute atomic E-state index is 0.235. The summed E-state index contributed by atoms with van der Waals surface area (Å²) in [6.45, 7) is 0.998. The van der Waals surface area contributed by atoms with Crippen LogP contribution in [-0.4, -0.2) is 24.4 Å². The van der Waals surface area contributed by atoms with Gasteiger partial charge in [-0.05, 0) is 48.1 Å². The van der Waals surface area contributed by atoms with Crippen molar-refractivity contribution in [3.63, 3.8) is 0 Å². The molecule has 0 aliphatic heterocycles. The molecule has 3 aromatic rings. The molecule has 29 heavy (non-hydrogen) atoms. The first-order valence-electron chi connectivity index (χ1n) is 9.20. The lowest BCUT2D eigenvalue weighted by atomic mass is 10.1. The van der Waals surface area contributed by atoms with Gasteiger partial charge in [0, 0.05) is 23.9 Å².